The minimum atomic E-state index is -0.636. The van der Waals surface area contributed by atoms with Gasteiger partial charge in [0.05, 0.1) is 40.5 Å². The molecule has 0 saturated heterocycles. The largest absolute Gasteiger partial charge is 0.462 e. The van der Waals surface area contributed by atoms with E-state index in [4.69, 9.17) is 9.47 Å². The van der Waals surface area contributed by atoms with Gasteiger partial charge in [-0.15, -0.1) is 23.1 Å². The van der Waals surface area contributed by atoms with Crippen LogP contribution in [-0.4, -0.2) is 53.0 Å². The second-order valence-corrected chi connectivity index (χ2v) is 11.4. The molecular formula is C24H26BrN3O6S3. The number of aryl methyl sites for hydroxylation is 1. The van der Waals surface area contributed by atoms with Crippen molar-refractivity contribution < 1.29 is 28.7 Å². The van der Waals surface area contributed by atoms with E-state index in [0.717, 1.165) is 37.8 Å². The average molecular weight is 629 g/mol. The molecule has 3 rings (SSSR count). The van der Waals surface area contributed by atoms with Gasteiger partial charge in [-0.3, -0.25) is 9.59 Å². The highest BCUT2D eigenvalue weighted by Crippen LogP contribution is 2.34. The minimum Gasteiger partial charge on any atom is -0.462 e. The van der Waals surface area contributed by atoms with Gasteiger partial charge in [0.2, 0.25) is 5.91 Å². The van der Waals surface area contributed by atoms with Gasteiger partial charge in [0, 0.05) is 11.0 Å². The molecule has 1 N–H and O–H groups in total. The van der Waals surface area contributed by atoms with Gasteiger partial charge in [-0.1, -0.05) is 27.3 Å². The fourth-order valence-electron chi connectivity index (χ4n) is 3.41. The van der Waals surface area contributed by atoms with Crippen molar-refractivity contribution in [1.82, 2.24) is 4.57 Å². The van der Waals surface area contributed by atoms with Crippen LogP contribution in [0.25, 0.3) is 10.2 Å². The highest BCUT2D eigenvalue weighted by atomic mass is 79.9. The van der Waals surface area contributed by atoms with Crippen molar-refractivity contribution in [3.63, 3.8) is 0 Å². The van der Waals surface area contributed by atoms with E-state index < -0.39 is 17.8 Å². The number of halogens is 1. The summed E-state index contributed by atoms with van der Waals surface area (Å²) < 4.78 is 14.1. The van der Waals surface area contributed by atoms with Crippen LogP contribution >= 0.6 is 50.4 Å². The summed E-state index contributed by atoms with van der Waals surface area (Å²) in [5.74, 6) is -2.01. The minimum absolute atomic E-state index is 0.0113. The number of thioether (sulfide) groups is 1. The number of hydrogen-bond acceptors (Lipinski definition) is 9. The monoisotopic (exact) mass is 627 g/mol. The van der Waals surface area contributed by atoms with Crippen LogP contribution in [0.5, 0.6) is 0 Å². The highest BCUT2D eigenvalue weighted by molar-refractivity contribution is 9.10. The maximum absolute atomic E-state index is 12.6. The number of nitrogens with zero attached hydrogens (tertiary/aromatic N) is 2. The number of amides is 2. The van der Waals surface area contributed by atoms with Crippen molar-refractivity contribution in [2.75, 3.05) is 30.0 Å². The number of fused-ring (bicyclic) bond motifs is 1. The molecule has 0 fully saturated rings. The molecule has 0 aliphatic heterocycles. The number of esters is 2. The predicted molar refractivity (Wildman–Crippen MR) is 151 cm³/mol. The number of nitrogens with one attached hydrogen (secondary N) is 1. The van der Waals surface area contributed by atoms with Gasteiger partial charge in [-0.2, -0.15) is 4.99 Å². The Morgan fingerprint density at radius 2 is 1.76 bits per heavy atom. The number of ether oxygens (including phenoxy) is 2. The van der Waals surface area contributed by atoms with Crippen molar-refractivity contribution in [3.8, 4) is 0 Å². The van der Waals surface area contributed by atoms with Gasteiger partial charge in [0.25, 0.3) is 5.91 Å². The Morgan fingerprint density at radius 1 is 1.05 bits per heavy atom. The molecule has 2 amide bonds. The predicted octanol–water partition coefficient (Wildman–Crippen LogP) is 5.01. The van der Waals surface area contributed by atoms with Crippen LogP contribution in [0.1, 0.15) is 46.4 Å². The molecule has 2 aromatic heterocycles. The van der Waals surface area contributed by atoms with Crippen molar-refractivity contribution in [2.24, 2.45) is 4.99 Å². The van der Waals surface area contributed by atoms with E-state index in [0.29, 0.717) is 16.9 Å². The molecule has 0 spiro atoms. The Kier molecular flexibility index (Phi) is 10.5. The number of hydrogen-bond donors (Lipinski definition) is 1. The summed E-state index contributed by atoms with van der Waals surface area (Å²) >= 11 is 6.96. The summed E-state index contributed by atoms with van der Waals surface area (Å²) in [4.78, 5) is 55.0. The lowest BCUT2D eigenvalue weighted by atomic mass is 10.1. The van der Waals surface area contributed by atoms with Gasteiger partial charge in [0.15, 0.2) is 4.80 Å². The number of anilines is 1. The summed E-state index contributed by atoms with van der Waals surface area (Å²) in [5.41, 5.74) is 1.51. The van der Waals surface area contributed by atoms with E-state index in [9.17, 15) is 19.2 Å². The average Bonchev–Trinajstić information content (AvgIpc) is 3.34. The van der Waals surface area contributed by atoms with E-state index in [1.807, 2.05) is 29.7 Å². The van der Waals surface area contributed by atoms with Crippen LogP contribution in [0, 0.1) is 6.92 Å². The Balaban J connectivity index is 1.68. The summed E-state index contributed by atoms with van der Waals surface area (Å²) in [5, 5.41) is 2.88. The maximum atomic E-state index is 12.6. The third-order valence-electron chi connectivity index (χ3n) is 4.98. The molecule has 0 aliphatic rings. The van der Waals surface area contributed by atoms with Gasteiger partial charge < -0.3 is 19.4 Å². The number of carbonyl (C=O) groups is 4. The van der Waals surface area contributed by atoms with Crippen LogP contribution in [0.4, 0.5) is 5.00 Å². The number of aromatic nitrogens is 1. The molecule has 0 aliphatic carbocycles. The molecular weight excluding hydrogens is 602 g/mol. The van der Waals surface area contributed by atoms with Crippen LogP contribution in [-0.2, 0) is 25.6 Å². The molecule has 0 bridgehead atoms. The first-order chi connectivity index (χ1) is 17.7. The van der Waals surface area contributed by atoms with E-state index in [1.165, 1.54) is 11.3 Å². The zero-order valence-electron chi connectivity index (χ0n) is 20.7. The fourth-order valence-corrected chi connectivity index (χ4v) is 6.78. The van der Waals surface area contributed by atoms with Crippen LogP contribution in [0.2, 0.25) is 0 Å². The third kappa shape index (κ3) is 7.09. The summed E-state index contributed by atoms with van der Waals surface area (Å²) in [6.45, 7) is 7.94. The second-order valence-electron chi connectivity index (χ2n) is 7.49. The highest BCUT2D eigenvalue weighted by Gasteiger charge is 2.27. The van der Waals surface area contributed by atoms with E-state index in [1.54, 1.807) is 20.8 Å². The molecule has 0 radical (unpaired) electrons. The molecule has 0 atom stereocenters. The summed E-state index contributed by atoms with van der Waals surface area (Å²) in [6, 6.07) is 5.91. The summed E-state index contributed by atoms with van der Waals surface area (Å²) in [6.07, 6.45) is 0. The second kappa shape index (κ2) is 13.4. The normalized spacial score (nSPS) is 11.5. The topological polar surface area (TPSA) is 116 Å². The SMILES string of the molecule is CCOC(=O)c1sc(NC(=O)CSCC(=O)N=c2sc3cc(Br)ccc3n2CC)c(C(=O)OCC)c1C. The van der Waals surface area contributed by atoms with Crippen LogP contribution in [0.3, 0.4) is 0 Å². The maximum Gasteiger partial charge on any atom is 0.348 e. The van der Waals surface area contributed by atoms with Crippen molar-refractivity contribution in [3.05, 3.63) is 43.5 Å². The van der Waals surface area contributed by atoms with Crippen LogP contribution in [0.15, 0.2) is 27.7 Å². The number of benzene rings is 1. The molecule has 0 saturated carbocycles. The Hall–Kier alpha value is -2.48. The molecule has 2 heterocycles. The first-order valence-electron chi connectivity index (χ1n) is 11.4. The van der Waals surface area contributed by atoms with E-state index in [-0.39, 0.29) is 46.1 Å². The van der Waals surface area contributed by atoms with Gasteiger partial charge in [-0.25, -0.2) is 9.59 Å². The zero-order valence-corrected chi connectivity index (χ0v) is 24.7. The molecule has 13 heteroatoms. The lowest BCUT2D eigenvalue weighted by Gasteiger charge is -2.07. The van der Waals surface area contributed by atoms with Crippen molar-refractivity contribution in [1.29, 1.82) is 0 Å². The fraction of sp³-hybridized carbons (Fsp3) is 0.375. The number of rotatable bonds is 10. The first kappa shape index (κ1) is 29.1. The smallest absolute Gasteiger partial charge is 0.348 e. The van der Waals surface area contributed by atoms with Crippen molar-refractivity contribution >= 4 is 89.3 Å². The molecule has 9 nitrogen and oxygen atoms in total. The van der Waals surface area contributed by atoms with E-state index >= 15 is 0 Å². The number of thiazole rings is 1. The Morgan fingerprint density at radius 3 is 2.43 bits per heavy atom. The molecule has 198 valence electrons. The van der Waals surface area contributed by atoms with Gasteiger partial charge in [-0.05, 0) is 51.5 Å². The lowest BCUT2D eigenvalue weighted by molar-refractivity contribution is -0.115. The Labute approximate surface area is 234 Å². The first-order valence-corrected chi connectivity index (χ1v) is 15.0. The molecule has 1 aromatic carbocycles. The molecule has 37 heavy (non-hydrogen) atoms. The molecule has 3 aromatic rings. The molecule has 0 unspecified atom stereocenters. The number of thiophene rings is 1. The van der Waals surface area contributed by atoms with Crippen molar-refractivity contribution in [2.45, 2.75) is 34.2 Å². The van der Waals surface area contributed by atoms with Crippen LogP contribution < -0.4 is 10.1 Å². The van der Waals surface area contributed by atoms with Gasteiger partial charge in [0.1, 0.15) is 9.88 Å². The van der Waals surface area contributed by atoms with Gasteiger partial charge >= 0.3 is 11.9 Å². The lowest BCUT2D eigenvalue weighted by Crippen LogP contribution is -2.18. The quantitative estimate of drug-likeness (QED) is 0.314. The summed E-state index contributed by atoms with van der Waals surface area (Å²) in [7, 11) is 0. The zero-order chi connectivity index (χ0) is 27.1. The standard InChI is InChI=1S/C24H26BrN3O6S3/c1-5-28-15-9-8-14(25)10-16(15)36-24(28)27-18(30)12-35-11-17(29)26-21-19(22(31)33-6-2)13(4)20(37-21)23(32)34-7-3/h8-10H,5-7,11-12H2,1-4H3,(H,26,29). The third-order valence-corrected chi connectivity index (χ3v) is 8.62. The Bertz CT molecular complexity index is 1410. The van der Waals surface area contributed by atoms with E-state index in [2.05, 4.69) is 26.2 Å². The number of carbonyl (C=O) groups excluding carboxylic acids is 4.